The number of nitrogens with zero attached hydrogens (tertiary/aromatic N) is 1. The van der Waals surface area contributed by atoms with Crippen molar-refractivity contribution in [3.63, 3.8) is 0 Å². The summed E-state index contributed by atoms with van der Waals surface area (Å²) in [6.07, 6.45) is 5.52. The van der Waals surface area contributed by atoms with E-state index in [1.807, 2.05) is 30.3 Å². The number of carbonyl (C=O) groups is 2. The molecule has 0 saturated carbocycles. The van der Waals surface area contributed by atoms with Crippen molar-refractivity contribution in [3.05, 3.63) is 59.9 Å². The number of amides is 2. The van der Waals surface area contributed by atoms with Crippen LogP contribution in [0.15, 0.2) is 48.8 Å². The summed E-state index contributed by atoms with van der Waals surface area (Å²) in [5, 5.41) is 5.76. The molecule has 0 aliphatic carbocycles. The van der Waals surface area contributed by atoms with Gasteiger partial charge in [0.1, 0.15) is 0 Å². The second kappa shape index (κ2) is 8.67. The first-order valence-electron chi connectivity index (χ1n) is 8.38. The molecule has 6 heteroatoms. The van der Waals surface area contributed by atoms with Crippen molar-refractivity contribution in [2.45, 2.75) is 31.1 Å². The van der Waals surface area contributed by atoms with Gasteiger partial charge in [-0.15, -0.1) is 11.8 Å². The normalized spacial score (nSPS) is 16.5. The lowest BCUT2D eigenvalue weighted by atomic mass is 10.1. The van der Waals surface area contributed by atoms with Crippen LogP contribution in [0.5, 0.6) is 0 Å². The molecule has 0 radical (unpaired) electrons. The highest BCUT2D eigenvalue weighted by Gasteiger charge is 2.23. The third-order valence-electron chi connectivity index (χ3n) is 4.10. The summed E-state index contributed by atoms with van der Waals surface area (Å²) in [5.74, 6) is 0.659. The number of hydrogen-bond donors (Lipinski definition) is 2. The van der Waals surface area contributed by atoms with Crippen molar-refractivity contribution < 1.29 is 9.59 Å². The number of hydrogen-bond acceptors (Lipinski definition) is 4. The van der Waals surface area contributed by atoms with Gasteiger partial charge in [-0.25, -0.2) is 0 Å². The molecule has 5 nitrogen and oxygen atoms in total. The summed E-state index contributed by atoms with van der Waals surface area (Å²) < 4.78 is 0. The molecule has 0 spiro atoms. The average molecular weight is 355 g/mol. The number of pyridine rings is 1. The number of anilines is 1. The van der Waals surface area contributed by atoms with E-state index < -0.39 is 0 Å². The largest absolute Gasteiger partial charge is 0.352 e. The summed E-state index contributed by atoms with van der Waals surface area (Å²) in [7, 11) is 0. The van der Waals surface area contributed by atoms with Crippen LogP contribution in [0.1, 0.15) is 24.0 Å². The molecule has 1 atom stereocenters. The van der Waals surface area contributed by atoms with Gasteiger partial charge in [0.05, 0.1) is 5.25 Å². The first-order chi connectivity index (χ1) is 12.2. The Hall–Kier alpha value is -2.34. The van der Waals surface area contributed by atoms with E-state index in [0.717, 1.165) is 24.1 Å². The number of thioether (sulfide) groups is 1. The molecule has 0 bridgehead atoms. The van der Waals surface area contributed by atoms with Crippen molar-refractivity contribution >= 4 is 29.3 Å². The van der Waals surface area contributed by atoms with E-state index in [4.69, 9.17) is 0 Å². The summed E-state index contributed by atoms with van der Waals surface area (Å²) >= 11 is 1.55. The van der Waals surface area contributed by atoms with Crippen molar-refractivity contribution in [3.8, 4) is 0 Å². The Kier molecular flexibility index (Phi) is 6.06. The fourth-order valence-corrected chi connectivity index (χ4v) is 3.82. The first kappa shape index (κ1) is 17.5. The molecular formula is C19H21N3O2S. The molecular weight excluding hydrogens is 334 g/mol. The van der Waals surface area contributed by atoms with E-state index in [1.165, 1.54) is 5.56 Å². The van der Waals surface area contributed by atoms with Crippen LogP contribution < -0.4 is 10.6 Å². The topological polar surface area (TPSA) is 71.1 Å². The molecule has 2 amide bonds. The van der Waals surface area contributed by atoms with Crippen LogP contribution in [0, 0.1) is 0 Å². The second-order valence-corrected chi connectivity index (χ2v) is 7.24. The minimum atomic E-state index is -0.112. The molecule has 0 fully saturated rings. The minimum Gasteiger partial charge on any atom is -0.352 e. The zero-order valence-corrected chi connectivity index (χ0v) is 14.7. The number of nitrogens with one attached hydrogen (secondary N) is 2. The molecule has 1 aliphatic heterocycles. The molecule has 2 N–H and O–H groups in total. The summed E-state index contributed by atoms with van der Waals surface area (Å²) in [6.45, 7) is 0.483. The van der Waals surface area contributed by atoms with E-state index >= 15 is 0 Å². The lowest BCUT2D eigenvalue weighted by Crippen LogP contribution is -2.26. The van der Waals surface area contributed by atoms with Gasteiger partial charge in [-0.1, -0.05) is 24.3 Å². The van der Waals surface area contributed by atoms with Gasteiger partial charge in [-0.3, -0.25) is 14.6 Å². The molecule has 130 valence electrons. The predicted octanol–water partition coefficient (Wildman–Crippen LogP) is 2.77. The molecule has 0 saturated heterocycles. The Morgan fingerprint density at radius 2 is 2.16 bits per heavy atom. The van der Waals surface area contributed by atoms with E-state index in [-0.39, 0.29) is 17.1 Å². The number of aromatic nitrogens is 1. The highest BCUT2D eigenvalue weighted by molar-refractivity contribution is 8.00. The summed E-state index contributed by atoms with van der Waals surface area (Å²) in [5.41, 5.74) is 3.06. The van der Waals surface area contributed by atoms with Crippen LogP contribution in [0.3, 0.4) is 0 Å². The maximum atomic E-state index is 12.3. The van der Waals surface area contributed by atoms with Crippen LogP contribution >= 0.6 is 11.8 Å². The van der Waals surface area contributed by atoms with E-state index in [1.54, 1.807) is 24.2 Å². The van der Waals surface area contributed by atoms with E-state index in [2.05, 4.69) is 21.7 Å². The van der Waals surface area contributed by atoms with Gasteiger partial charge in [0, 0.05) is 36.8 Å². The number of carbonyl (C=O) groups excluding carboxylic acids is 2. The molecule has 2 aromatic rings. The number of para-hydroxylation sites is 1. The van der Waals surface area contributed by atoms with Crippen LogP contribution in [-0.4, -0.2) is 27.8 Å². The van der Waals surface area contributed by atoms with Crippen molar-refractivity contribution in [2.75, 3.05) is 11.1 Å². The molecule has 1 aromatic heterocycles. The number of fused-ring (bicyclic) bond motifs is 1. The summed E-state index contributed by atoms with van der Waals surface area (Å²) in [4.78, 5) is 28.3. The Balaban J connectivity index is 1.41. The quantitative estimate of drug-likeness (QED) is 0.836. The average Bonchev–Trinajstić information content (AvgIpc) is 2.80. The van der Waals surface area contributed by atoms with Crippen molar-refractivity contribution in [1.82, 2.24) is 10.3 Å². The van der Waals surface area contributed by atoms with Crippen LogP contribution in [0.4, 0.5) is 5.69 Å². The molecule has 25 heavy (non-hydrogen) atoms. The Morgan fingerprint density at radius 1 is 1.28 bits per heavy atom. The van der Waals surface area contributed by atoms with Gasteiger partial charge in [-0.2, -0.15) is 0 Å². The fourth-order valence-electron chi connectivity index (χ4n) is 2.74. The highest BCUT2D eigenvalue weighted by Crippen LogP contribution is 2.27. The van der Waals surface area contributed by atoms with Gasteiger partial charge in [0.15, 0.2) is 0 Å². The smallest absolute Gasteiger partial charge is 0.237 e. The minimum absolute atomic E-state index is 0.00586. The highest BCUT2D eigenvalue weighted by atomic mass is 32.2. The van der Waals surface area contributed by atoms with Gasteiger partial charge >= 0.3 is 0 Å². The van der Waals surface area contributed by atoms with Gasteiger partial charge in [0.2, 0.25) is 11.8 Å². The lowest BCUT2D eigenvalue weighted by molar-refractivity contribution is -0.121. The number of aryl methyl sites for hydroxylation is 1. The first-order valence-corrected chi connectivity index (χ1v) is 9.43. The van der Waals surface area contributed by atoms with Gasteiger partial charge in [0.25, 0.3) is 0 Å². The van der Waals surface area contributed by atoms with Crippen molar-refractivity contribution in [2.24, 2.45) is 0 Å². The Morgan fingerprint density at radius 3 is 3.00 bits per heavy atom. The van der Waals surface area contributed by atoms with E-state index in [9.17, 15) is 9.59 Å². The zero-order chi connectivity index (χ0) is 17.5. The zero-order valence-electron chi connectivity index (χ0n) is 13.9. The predicted molar refractivity (Wildman–Crippen MR) is 100 cm³/mol. The molecule has 2 heterocycles. The fraction of sp³-hybridized carbons (Fsp3) is 0.316. The Bertz CT molecular complexity index is 736. The lowest BCUT2D eigenvalue weighted by Gasteiger charge is -2.12. The monoisotopic (exact) mass is 355 g/mol. The second-order valence-electron chi connectivity index (χ2n) is 5.93. The van der Waals surface area contributed by atoms with Crippen molar-refractivity contribution in [1.29, 1.82) is 0 Å². The summed E-state index contributed by atoms with van der Waals surface area (Å²) in [6, 6.07) is 11.7. The van der Waals surface area contributed by atoms with Crippen LogP contribution in [0.25, 0.3) is 0 Å². The van der Waals surface area contributed by atoms with E-state index in [0.29, 0.717) is 18.7 Å². The Labute approximate surface area is 151 Å². The number of rotatable bonds is 6. The maximum Gasteiger partial charge on any atom is 0.237 e. The third kappa shape index (κ3) is 5.06. The molecule has 0 unspecified atom stereocenters. The van der Waals surface area contributed by atoms with Gasteiger partial charge < -0.3 is 10.6 Å². The molecule has 1 aromatic carbocycles. The van der Waals surface area contributed by atoms with Crippen LogP contribution in [-0.2, 0) is 22.6 Å². The molecule has 3 rings (SSSR count). The SMILES string of the molecule is O=C(CCS[C@@H]1CCc2ccccc2NC1=O)NCc1cccnc1. The number of benzene rings is 1. The maximum absolute atomic E-state index is 12.3. The molecule has 1 aliphatic rings. The third-order valence-corrected chi connectivity index (χ3v) is 5.40. The standard InChI is InChI=1S/C19H21N3O2S/c23-18(21-13-14-4-3-10-20-12-14)9-11-25-17-8-7-15-5-1-2-6-16(15)22-19(17)24/h1-6,10,12,17H,7-9,11,13H2,(H,21,23)(H,22,24)/t17-/m1/s1. The van der Waals surface area contributed by atoms with Gasteiger partial charge in [-0.05, 0) is 36.1 Å². The van der Waals surface area contributed by atoms with Crippen LogP contribution in [0.2, 0.25) is 0 Å².